The van der Waals surface area contributed by atoms with Crippen LogP contribution in [-0.2, 0) is 20.3 Å². The maximum absolute atomic E-state index is 13.6. The van der Waals surface area contributed by atoms with Crippen LogP contribution in [0, 0.1) is 5.92 Å². The van der Waals surface area contributed by atoms with Crippen LogP contribution in [0.3, 0.4) is 0 Å². The van der Waals surface area contributed by atoms with Crippen molar-refractivity contribution in [1.82, 2.24) is 4.90 Å². The van der Waals surface area contributed by atoms with Crippen molar-refractivity contribution in [3.63, 3.8) is 0 Å². The second-order valence-corrected chi connectivity index (χ2v) is 10.9. The van der Waals surface area contributed by atoms with E-state index in [0.717, 1.165) is 26.1 Å². The van der Waals surface area contributed by atoms with Gasteiger partial charge in [0.2, 0.25) is 5.91 Å². The number of nitrogens with zero attached hydrogens (tertiary/aromatic N) is 2. The molecule has 35 heavy (non-hydrogen) atoms. The molecule has 2 aromatic carbocycles. The first kappa shape index (κ1) is 27.5. The Kier molecular flexibility index (Phi) is 9.98. The highest BCUT2D eigenvalue weighted by Crippen LogP contribution is 2.47. The Morgan fingerprint density at radius 1 is 1.14 bits per heavy atom. The number of fused-ring (bicyclic) bond motifs is 1. The summed E-state index contributed by atoms with van der Waals surface area (Å²) in [5.74, 6) is 1.54. The Morgan fingerprint density at radius 2 is 1.91 bits per heavy atom. The Labute approximate surface area is 215 Å². The lowest BCUT2D eigenvalue weighted by molar-refractivity contribution is -0.116. The van der Waals surface area contributed by atoms with Crippen molar-refractivity contribution in [2.75, 3.05) is 52.0 Å². The summed E-state index contributed by atoms with van der Waals surface area (Å²) in [5.41, 5.74) is 1.24. The molecule has 0 spiro atoms. The Balaban J connectivity index is 1.82. The third-order valence-electron chi connectivity index (χ3n) is 5.77. The van der Waals surface area contributed by atoms with Gasteiger partial charge in [-0.25, -0.2) is 0 Å². The number of anilines is 1. The fourth-order valence-electron chi connectivity index (χ4n) is 4.26. The van der Waals surface area contributed by atoms with E-state index in [1.165, 1.54) is 6.92 Å². The number of amides is 1. The van der Waals surface area contributed by atoms with E-state index >= 15 is 0 Å². The largest absolute Gasteiger partial charge is 0.497 e. The zero-order chi connectivity index (χ0) is 25.5. The van der Waals surface area contributed by atoms with E-state index < -0.39 is 16.2 Å². The van der Waals surface area contributed by atoms with Crippen LogP contribution in [-0.4, -0.2) is 62.1 Å². The quantitative estimate of drug-likeness (QED) is 0.369. The number of hydrogen-bond donors (Lipinski definition) is 0. The highest BCUT2D eigenvalue weighted by molar-refractivity contribution is 7.86. The van der Waals surface area contributed by atoms with Gasteiger partial charge in [-0.1, -0.05) is 25.4 Å². The summed E-state index contributed by atoms with van der Waals surface area (Å²) in [5, 5.41) is -0.256. The number of methoxy groups -OCH3 is 2. The summed E-state index contributed by atoms with van der Waals surface area (Å²) in [6, 6.07) is 10.5. The van der Waals surface area contributed by atoms with E-state index in [1.54, 1.807) is 43.4 Å². The standard InChI is InChI=1S/C26H35ClN2O5S/c1-18(2)17-28(12-14-32-4)11-6-13-34-24-10-8-21(33-5)16-22(24)26-29(19(3)30)23-9-7-20(27)15-25(23)35(26)31/h7-10,15-16,18,26H,6,11-14,17H2,1-5H3. The van der Waals surface area contributed by atoms with Gasteiger partial charge in [-0.05, 0) is 48.7 Å². The van der Waals surface area contributed by atoms with Crippen molar-refractivity contribution in [3.8, 4) is 11.5 Å². The topological polar surface area (TPSA) is 68.3 Å². The lowest BCUT2D eigenvalue weighted by Crippen LogP contribution is -2.33. The lowest BCUT2D eigenvalue weighted by atomic mass is 10.1. The van der Waals surface area contributed by atoms with Gasteiger partial charge in [0.15, 0.2) is 0 Å². The second-order valence-electron chi connectivity index (χ2n) is 8.94. The molecule has 2 aromatic rings. The number of ether oxygens (including phenoxy) is 3. The number of carbonyl (C=O) groups excluding carboxylic acids is 1. The number of halogens is 1. The fourth-order valence-corrected chi connectivity index (χ4v) is 6.22. The number of rotatable bonds is 12. The van der Waals surface area contributed by atoms with E-state index in [1.807, 2.05) is 12.1 Å². The molecule has 1 heterocycles. The van der Waals surface area contributed by atoms with E-state index in [4.69, 9.17) is 25.8 Å². The van der Waals surface area contributed by atoms with Gasteiger partial charge < -0.3 is 19.1 Å². The van der Waals surface area contributed by atoms with E-state index in [0.29, 0.717) is 51.8 Å². The molecule has 2 atom stereocenters. The van der Waals surface area contributed by atoms with Crippen molar-refractivity contribution in [2.24, 2.45) is 5.92 Å². The van der Waals surface area contributed by atoms with Gasteiger partial charge in [0.05, 0.1) is 41.7 Å². The van der Waals surface area contributed by atoms with Crippen molar-refractivity contribution < 1.29 is 23.2 Å². The molecule has 1 aliphatic heterocycles. The third-order valence-corrected chi connectivity index (χ3v) is 7.63. The average Bonchev–Trinajstić information content (AvgIpc) is 3.11. The molecule has 9 heteroatoms. The van der Waals surface area contributed by atoms with Gasteiger partial charge in [0.1, 0.15) is 16.9 Å². The molecule has 1 amide bonds. The summed E-state index contributed by atoms with van der Waals surface area (Å²) in [6.07, 6.45) is 0.821. The van der Waals surface area contributed by atoms with Crippen LogP contribution in [0.25, 0.3) is 0 Å². The number of benzene rings is 2. The zero-order valence-electron chi connectivity index (χ0n) is 21.1. The minimum absolute atomic E-state index is 0.208. The van der Waals surface area contributed by atoms with Crippen LogP contribution >= 0.6 is 11.6 Å². The molecule has 0 radical (unpaired) electrons. The number of carbonyl (C=O) groups is 1. The van der Waals surface area contributed by atoms with Crippen molar-refractivity contribution in [1.29, 1.82) is 0 Å². The van der Waals surface area contributed by atoms with E-state index in [2.05, 4.69) is 18.7 Å². The molecular weight excluding hydrogens is 488 g/mol. The monoisotopic (exact) mass is 522 g/mol. The smallest absolute Gasteiger partial charge is 0.225 e. The highest BCUT2D eigenvalue weighted by atomic mass is 35.5. The third kappa shape index (κ3) is 6.76. The molecule has 0 fully saturated rings. The zero-order valence-corrected chi connectivity index (χ0v) is 22.7. The van der Waals surface area contributed by atoms with Gasteiger partial charge in [0.25, 0.3) is 0 Å². The van der Waals surface area contributed by atoms with Gasteiger partial charge >= 0.3 is 0 Å². The SMILES string of the molecule is COCCN(CCCOc1ccc(OC)cc1C1N(C(C)=O)c2ccc(Cl)cc2S1=O)CC(C)C. The van der Waals surface area contributed by atoms with Gasteiger partial charge in [0, 0.05) is 44.3 Å². The molecule has 2 unspecified atom stereocenters. The van der Waals surface area contributed by atoms with Crippen LogP contribution in [0.5, 0.6) is 11.5 Å². The Hall–Kier alpha value is -2.13. The van der Waals surface area contributed by atoms with Gasteiger partial charge in [-0.15, -0.1) is 0 Å². The molecule has 192 valence electrons. The van der Waals surface area contributed by atoms with Crippen molar-refractivity contribution >= 4 is 34.0 Å². The van der Waals surface area contributed by atoms with E-state index in [-0.39, 0.29) is 5.91 Å². The molecule has 0 saturated carbocycles. The first-order chi connectivity index (χ1) is 16.8. The van der Waals surface area contributed by atoms with Gasteiger partial charge in [-0.2, -0.15) is 0 Å². The van der Waals surface area contributed by atoms with Crippen molar-refractivity contribution in [2.45, 2.75) is 37.5 Å². The normalized spacial score (nSPS) is 17.2. The Bertz CT molecular complexity index is 1050. The minimum atomic E-state index is -1.53. The van der Waals surface area contributed by atoms with Gasteiger partial charge in [-0.3, -0.25) is 13.9 Å². The van der Waals surface area contributed by atoms with E-state index in [9.17, 15) is 9.00 Å². The molecule has 1 aliphatic rings. The molecule has 0 bridgehead atoms. The fraction of sp³-hybridized carbons (Fsp3) is 0.500. The maximum atomic E-state index is 13.6. The summed E-state index contributed by atoms with van der Waals surface area (Å²) >= 11 is 6.17. The van der Waals surface area contributed by atoms with Crippen LogP contribution in [0.1, 0.15) is 38.1 Å². The Morgan fingerprint density at radius 3 is 2.57 bits per heavy atom. The lowest BCUT2D eigenvalue weighted by Gasteiger charge is -2.26. The second kappa shape index (κ2) is 12.7. The van der Waals surface area contributed by atoms with Crippen LogP contribution < -0.4 is 14.4 Å². The maximum Gasteiger partial charge on any atom is 0.225 e. The summed E-state index contributed by atoms with van der Waals surface area (Å²) in [4.78, 5) is 17.1. The molecular formula is C26H35ClN2O5S. The van der Waals surface area contributed by atoms with Crippen LogP contribution in [0.4, 0.5) is 5.69 Å². The first-order valence-electron chi connectivity index (χ1n) is 11.8. The van der Waals surface area contributed by atoms with Crippen LogP contribution in [0.2, 0.25) is 5.02 Å². The summed E-state index contributed by atoms with van der Waals surface area (Å²) in [7, 11) is 1.76. The first-order valence-corrected chi connectivity index (χ1v) is 13.4. The molecule has 3 rings (SSSR count). The summed E-state index contributed by atoms with van der Waals surface area (Å²) < 4.78 is 30.5. The highest BCUT2D eigenvalue weighted by Gasteiger charge is 2.41. The molecule has 0 N–H and O–H groups in total. The molecule has 0 saturated heterocycles. The minimum Gasteiger partial charge on any atom is -0.497 e. The molecule has 0 aliphatic carbocycles. The summed E-state index contributed by atoms with van der Waals surface area (Å²) in [6.45, 7) is 9.80. The predicted octanol–water partition coefficient (Wildman–Crippen LogP) is 4.89. The van der Waals surface area contributed by atoms with Crippen molar-refractivity contribution in [3.05, 3.63) is 47.0 Å². The molecule has 0 aromatic heterocycles. The average molecular weight is 523 g/mol. The molecule has 7 nitrogen and oxygen atoms in total. The number of hydrogen-bond acceptors (Lipinski definition) is 6. The van der Waals surface area contributed by atoms with Crippen LogP contribution in [0.15, 0.2) is 41.3 Å². The predicted molar refractivity (Wildman–Crippen MR) is 140 cm³/mol.